The van der Waals surface area contributed by atoms with Crippen LogP contribution >= 0.6 is 27.2 Å². The highest BCUT2D eigenvalue weighted by Gasteiger charge is 2.27. The Bertz CT molecular complexity index is 681. The first-order chi connectivity index (χ1) is 11.0. The molecule has 1 N–H and O–H groups in total. The van der Waals surface area contributed by atoms with Crippen molar-refractivity contribution in [3.63, 3.8) is 0 Å². The molecule has 0 unspecified atom stereocenters. The third-order valence-electron chi connectivity index (χ3n) is 2.89. The summed E-state index contributed by atoms with van der Waals surface area (Å²) in [5, 5.41) is -0.515. The third kappa shape index (κ3) is 6.33. The second-order valence-corrected chi connectivity index (χ2v) is 10.0. The molecule has 0 fully saturated rings. The van der Waals surface area contributed by atoms with Crippen molar-refractivity contribution in [3.8, 4) is 5.75 Å². The van der Waals surface area contributed by atoms with Crippen LogP contribution in [0.15, 0.2) is 60.7 Å². The number of hydrogen-bond donors (Lipinski definition) is 1. The Kier molecular flexibility index (Phi) is 6.62. The fourth-order valence-electron chi connectivity index (χ4n) is 1.78. The van der Waals surface area contributed by atoms with Gasteiger partial charge in [0.15, 0.2) is 0 Å². The Hall–Kier alpha value is -1.37. The van der Waals surface area contributed by atoms with Crippen LogP contribution in [-0.4, -0.2) is 12.0 Å². The smallest absolute Gasteiger partial charge is 0.374 e. The van der Waals surface area contributed by atoms with Crippen molar-refractivity contribution in [1.82, 2.24) is 5.09 Å². The van der Waals surface area contributed by atoms with Gasteiger partial charge in [-0.3, -0.25) is 4.79 Å². The lowest BCUT2D eigenvalue weighted by atomic mass is 10.2. The summed E-state index contributed by atoms with van der Waals surface area (Å²) in [5.41, 5.74) is 0.895. The predicted molar refractivity (Wildman–Crippen MR) is 97.5 cm³/mol. The molecular weight excluding hydrogens is 428 g/mol. The van der Waals surface area contributed by atoms with Crippen LogP contribution in [0.1, 0.15) is 12.5 Å². The second-order valence-electron chi connectivity index (χ2n) is 4.83. The van der Waals surface area contributed by atoms with E-state index in [1.54, 1.807) is 53.2 Å². The molecule has 0 saturated carbocycles. The number of nitrogens with one attached hydrogen (secondary N) is 1. The summed E-state index contributed by atoms with van der Waals surface area (Å²) in [6, 6.07) is 17.4. The van der Waals surface area contributed by atoms with Crippen LogP contribution < -0.4 is 9.61 Å². The van der Waals surface area contributed by atoms with Gasteiger partial charge < -0.3 is 9.26 Å². The van der Waals surface area contributed by atoms with E-state index in [1.807, 2.05) is 36.4 Å². The highest BCUT2D eigenvalue weighted by molar-refractivity contribution is 14.2. The van der Waals surface area contributed by atoms with Gasteiger partial charge in [0.1, 0.15) is 18.4 Å². The molecule has 0 bridgehead atoms. The highest BCUT2D eigenvalue weighted by atomic mass is 127. The Balaban J connectivity index is 1.86. The number of ether oxygens (including phenoxy) is 1. The van der Waals surface area contributed by atoms with Gasteiger partial charge >= 0.3 is 11.1 Å². The number of rotatable bonds is 7. The van der Waals surface area contributed by atoms with Crippen molar-refractivity contribution in [2.75, 3.05) is 0 Å². The van der Waals surface area contributed by atoms with Crippen molar-refractivity contribution >= 4 is 33.2 Å². The zero-order valence-electron chi connectivity index (χ0n) is 12.5. The lowest BCUT2D eigenvalue weighted by Crippen LogP contribution is -2.33. The highest BCUT2D eigenvalue weighted by Crippen LogP contribution is 2.51. The quantitative estimate of drug-likeness (QED) is 0.391. The number of benzene rings is 2. The Morgan fingerprint density at radius 1 is 1.13 bits per heavy atom. The summed E-state index contributed by atoms with van der Waals surface area (Å²) in [7, 11) is 0. The maximum absolute atomic E-state index is 12.4. The molecule has 0 aliphatic heterocycles. The van der Waals surface area contributed by atoms with Crippen molar-refractivity contribution in [2.24, 2.45) is 0 Å². The normalized spacial score (nSPS) is 14.5. The molecule has 122 valence electrons. The van der Waals surface area contributed by atoms with Gasteiger partial charge in [-0.1, -0.05) is 48.5 Å². The van der Waals surface area contributed by atoms with Gasteiger partial charge in [0.2, 0.25) is 0 Å². The lowest BCUT2D eigenvalue weighted by Gasteiger charge is -2.18. The van der Waals surface area contributed by atoms with Crippen LogP contribution in [-0.2, 0) is 20.7 Å². The summed E-state index contributed by atoms with van der Waals surface area (Å²) >= 11 is 1.68. The number of hydrogen-bond acceptors (Lipinski definition) is 4. The molecule has 0 aromatic heterocycles. The van der Waals surface area contributed by atoms with Gasteiger partial charge in [-0.15, -0.1) is 0 Å². The van der Waals surface area contributed by atoms with E-state index >= 15 is 0 Å². The first-order valence-corrected chi connectivity index (χ1v) is 11.4. The minimum absolute atomic E-state index is 0.177. The van der Waals surface area contributed by atoms with E-state index in [-0.39, 0.29) is 6.61 Å². The minimum atomic E-state index is -3.20. The fourth-order valence-corrected chi connectivity index (χ4v) is 4.73. The fraction of sp³-hybridized carbons (Fsp3) is 0.188. The van der Waals surface area contributed by atoms with Gasteiger partial charge in [0.05, 0.1) is 22.0 Å². The van der Waals surface area contributed by atoms with E-state index in [1.165, 1.54) is 0 Å². The topological polar surface area (TPSA) is 64.6 Å². The van der Waals surface area contributed by atoms with Crippen LogP contribution in [0, 0.1) is 0 Å². The van der Waals surface area contributed by atoms with Gasteiger partial charge in [0, 0.05) is 0 Å². The Morgan fingerprint density at radius 3 is 2.30 bits per heavy atom. The molecule has 2 aromatic rings. The van der Waals surface area contributed by atoms with Crippen LogP contribution in [0.3, 0.4) is 0 Å². The molecule has 23 heavy (non-hydrogen) atoms. The van der Waals surface area contributed by atoms with E-state index in [2.05, 4.69) is 5.09 Å². The van der Waals surface area contributed by atoms with Crippen LogP contribution in [0.5, 0.6) is 5.75 Å². The average molecular weight is 445 g/mol. The molecule has 0 aliphatic rings. The summed E-state index contributed by atoms with van der Waals surface area (Å²) in [6.45, 7) is 1.77. The van der Waals surface area contributed by atoms with Crippen molar-refractivity contribution in [3.05, 3.63) is 66.2 Å². The van der Waals surface area contributed by atoms with Gasteiger partial charge in [0.25, 0.3) is 0 Å². The molecule has 0 spiro atoms. The minimum Gasteiger partial charge on any atom is -0.460 e. The molecule has 2 aromatic carbocycles. The van der Waals surface area contributed by atoms with Gasteiger partial charge in [-0.25, -0.2) is 9.65 Å². The number of halogens is 1. The standard InChI is InChI=1S/C16H17INO4P/c1-13(16(19)21-12-14-8-4-2-5-9-14)18-23(17,20)22-15-10-6-3-7-11-15/h2-11,13H,12H2,1H3,(H,18,20)/t13-,23-/m0/s1. The number of para-hydroxylation sites is 1. The summed E-state index contributed by atoms with van der Waals surface area (Å²) < 4.78 is 23.0. The number of esters is 1. The molecule has 0 amide bonds. The number of carbonyl (C=O) groups excluding carboxylic acids is 1. The Labute approximate surface area is 148 Å². The molecular formula is C16H17INO4P. The molecule has 2 atom stereocenters. The number of carbonyl (C=O) groups is 1. The van der Waals surface area contributed by atoms with Crippen molar-refractivity contribution < 1.29 is 18.6 Å². The first kappa shape index (κ1) is 18.0. The van der Waals surface area contributed by atoms with E-state index in [9.17, 15) is 9.36 Å². The van der Waals surface area contributed by atoms with E-state index in [0.29, 0.717) is 5.75 Å². The summed E-state index contributed by atoms with van der Waals surface area (Å²) in [5.74, 6) is -0.00927. The third-order valence-corrected chi connectivity index (χ3v) is 5.46. The van der Waals surface area contributed by atoms with Gasteiger partial charge in [-0.2, -0.15) is 0 Å². The van der Waals surface area contributed by atoms with E-state index in [0.717, 1.165) is 5.56 Å². The van der Waals surface area contributed by atoms with Crippen LogP contribution in [0.2, 0.25) is 0 Å². The Morgan fingerprint density at radius 2 is 1.70 bits per heavy atom. The van der Waals surface area contributed by atoms with Crippen molar-refractivity contribution in [2.45, 2.75) is 19.6 Å². The lowest BCUT2D eigenvalue weighted by molar-refractivity contribution is -0.146. The molecule has 0 saturated heterocycles. The SMILES string of the molecule is C[C@H](N[P@](=O)(I)Oc1ccccc1)C(=O)OCc1ccccc1. The van der Waals surface area contributed by atoms with E-state index in [4.69, 9.17) is 9.26 Å². The van der Waals surface area contributed by atoms with Gasteiger partial charge in [-0.05, 0) is 24.6 Å². The first-order valence-electron chi connectivity index (χ1n) is 6.99. The monoisotopic (exact) mass is 445 g/mol. The molecule has 0 aliphatic carbocycles. The second kappa shape index (κ2) is 8.47. The van der Waals surface area contributed by atoms with E-state index < -0.39 is 17.2 Å². The molecule has 7 heteroatoms. The molecule has 5 nitrogen and oxygen atoms in total. The summed E-state index contributed by atoms with van der Waals surface area (Å²) in [6.07, 6.45) is 0. The largest absolute Gasteiger partial charge is 0.460 e. The summed E-state index contributed by atoms with van der Waals surface area (Å²) in [4.78, 5) is 12.0. The maximum atomic E-state index is 12.4. The van der Waals surface area contributed by atoms with Crippen LogP contribution in [0.25, 0.3) is 0 Å². The zero-order chi connectivity index (χ0) is 16.7. The van der Waals surface area contributed by atoms with Crippen LogP contribution in [0.4, 0.5) is 0 Å². The molecule has 2 rings (SSSR count). The maximum Gasteiger partial charge on any atom is 0.374 e. The molecule has 0 radical (unpaired) electrons. The zero-order valence-corrected chi connectivity index (χ0v) is 15.6. The predicted octanol–water partition coefficient (Wildman–Crippen LogP) is 4.33. The average Bonchev–Trinajstić information content (AvgIpc) is 2.53. The van der Waals surface area contributed by atoms with Crippen molar-refractivity contribution in [1.29, 1.82) is 0 Å². The molecule has 0 heterocycles.